The van der Waals surface area contributed by atoms with Crippen LogP contribution in [-0.2, 0) is 4.74 Å². The number of ether oxygens (including phenoxy) is 1. The normalized spacial score (nSPS) is 18.9. The van der Waals surface area contributed by atoms with Crippen molar-refractivity contribution in [2.24, 2.45) is 10.7 Å². The van der Waals surface area contributed by atoms with Crippen LogP contribution in [0.2, 0.25) is 0 Å². The monoisotopic (exact) mass is 241 g/mol. The van der Waals surface area contributed by atoms with Crippen molar-refractivity contribution >= 4 is 12.1 Å². The van der Waals surface area contributed by atoms with E-state index in [0.717, 1.165) is 12.8 Å². The number of aliphatic imine (C=N–C) groups is 1. The third kappa shape index (κ3) is 6.14. The van der Waals surface area contributed by atoms with Crippen molar-refractivity contribution < 1.29 is 9.53 Å². The summed E-state index contributed by atoms with van der Waals surface area (Å²) in [6.07, 6.45) is 5.20. The van der Waals surface area contributed by atoms with Crippen LogP contribution >= 0.6 is 0 Å². The average Bonchev–Trinajstić information content (AvgIpc) is 2.15. The summed E-state index contributed by atoms with van der Waals surface area (Å²) < 4.78 is 5.09. The Morgan fingerprint density at radius 1 is 1.29 bits per heavy atom. The van der Waals surface area contributed by atoms with Gasteiger partial charge in [0.15, 0.2) is 5.96 Å². The molecule has 0 unspecified atom stereocenters. The number of hydrogen-bond donors (Lipinski definition) is 2. The molecule has 1 aliphatic rings. The quantitative estimate of drug-likeness (QED) is 0.545. The molecule has 0 heterocycles. The summed E-state index contributed by atoms with van der Waals surface area (Å²) >= 11 is 0. The topological polar surface area (TPSA) is 76.7 Å². The summed E-state index contributed by atoms with van der Waals surface area (Å²) in [6.45, 7) is 5.42. The first-order chi connectivity index (χ1) is 7.87. The Morgan fingerprint density at radius 2 is 1.88 bits per heavy atom. The molecule has 5 heteroatoms. The molecule has 1 fully saturated rings. The molecule has 0 atom stereocenters. The number of nitrogens with two attached hydrogens (primary N) is 1. The molecule has 0 radical (unpaired) electrons. The predicted octanol–water partition coefficient (Wildman–Crippen LogP) is 2.16. The van der Waals surface area contributed by atoms with Gasteiger partial charge >= 0.3 is 6.09 Å². The van der Waals surface area contributed by atoms with Gasteiger partial charge in [-0.15, -0.1) is 0 Å². The Bertz CT molecular complexity index is 289. The molecule has 0 aromatic rings. The molecule has 0 aromatic carbocycles. The molecule has 1 amide bonds. The third-order valence-electron chi connectivity index (χ3n) is 2.53. The lowest BCUT2D eigenvalue weighted by molar-refractivity contribution is 0.0562. The van der Waals surface area contributed by atoms with E-state index < -0.39 is 11.7 Å². The summed E-state index contributed by atoms with van der Waals surface area (Å²) in [4.78, 5) is 15.7. The van der Waals surface area contributed by atoms with Crippen molar-refractivity contribution in [3.63, 3.8) is 0 Å². The number of amides is 1. The van der Waals surface area contributed by atoms with E-state index in [4.69, 9.17) is 10.5 Å². The zero-order chi connectivity index (χ0) is 12.9. The molecule has 0 saturated heterocycles. The van der Waals surface area contributed by atoms with Crippen LogP contribution in [0.1, 0.15) is 52.9 Å². The van der Waals surface area contributed by atoms with Crippen LogP contribution in [0.25, 0.3) is 0 Å². The van der Waals surface area contributed by atoms with E-state index in [-0.39, 0.29) is 12.0 Å². The smallest absolute Gasteiger partial charge is 0.414 e. The van der Waals surface area contributed by atoms with Crippen LogP contribution in [0.5, 0.6) is 0 Å². The van der Waals surface area contributed by atoms with E-state index >= 15 is 0 Å². The Balaban J connectivity index is 2.39. The van der Waals surface area contributed by atoms with Crippen LogP contribution < -0.4 is 11.1 Å². The fourth-order valence-electron chi connectivity index (χ4n) is 1.85. The first-order valence-corrected chi connectivity index (χ1v) is 6.20. The first kappa shape index (κ1) is 13.8. The standard InChI is InChI=1S/C12H23N3O2/c1-12(2,3)17-11(16)15-10(13)14-9-7-5-4-6-8-9/h9H,4-8H2,1-3H3,(H3,13,14,15,16). The van der Waals surface area contributed by atoms with Gasteiger partial charge in [0.1, 0.15) is 5.60 Å². The minimum Gasteiger partial charge on any atom is -0.444 e. The Hall–Kier alpha value is -1.26. The second kappa shape index (κ2) is 5.89. The Kier molecular flexibility index (Phi) is 4.78. The van der Waals surface area contributed by atoms with E-state index in [1.54, 1.807) is 20.8 Å². The highest BCUT2D eigenvalue weighted by molar-refractivity contribution is 5.93. The molecular weight excluding hydrogens is 218 g/mol. The fraction of sp³-hybridized carbons (Fsp3) is 0.833. The zero-order valence-electron chi connectivity index (χ0n) is 11.0. The van der Waals surface area contributed by atoms with Crippen LogP contribution in [0.15, 0.2) is 4.99 Å². The number of nitrogens with one attached hydrogen (secondary N) is 1. The van der Waals surface area contributed by atoms with Crippen molar-refractivity contribution in [3.05, 3.63) is 0 Å². The van der Waals surface area contributed by atoms with E-state index in [1.165, 1.54) is 19.3 Å². The number of hydrogen-bond acceptors (Lipinski definition) is 3. The largest absolute Gasteiger partial charge is 0.444 e. The minimum absolute atomic E-state index is 0.158. The van der Waals surface area contributed by atoms with E-state index in [2.05, 4.69) is 10.3 Å². The molecule has 3 N–H and O–H groups in total. The lowest BCUT2D eigenvalue weighted by Gasteiger charge is -2.21. The van der Waals surface area contributed by atoms with Gasteiger partial charge in [-0.05, 0) is 33.6 Å². The Labute approximate surface area is 103 Å². The summed E-state index contributed by atoms with van der Waals surface area (Å²) in [5.74, 6) is 0.158. The lowest BCUT2D eigenvalue weighted by Crippen LogP contribution is -2.41. The first-order valence-electron chi connectivity index (χ1n) is 6.20. The highest BCUT2D eigenvalue weighted by Crippen LogP contribution is 2.19. The van der Waals surface area contributed by atoms with Crippen LogP contribution in [0.3, 0.4) is 0 Å². The van der Waals surface area contributed by atoms with E-state index in [0.29, 0.717) is 0 Å². The maximum atomic E-state index is 11.4. The molecule has 1 aliphatic carbocycles. The minimum atomic E-state index is -0.547. The van der Waals surface area contributed by atoms with Gasteiger partial charge in [0.25, 0.3) is 0 Å². The summed E-state index contributed by atoms with van der Waals surface area (Å²) in [5.41, 5.74) is 5.14. The van der Waals surface area contributed by atoms with E-state index in [1.807, 2.05) is 0 Å². The number of rotatable bonds is 1. The summed E-state index contributed by atoms with van der Waals surface area (Å²) in [5, 5.41) is 2.45. The van der Waals surface area contributed by atoms with Gasteiger partial charge in [-0.3, -0.25) is 5.32 Å². The highest BCUT2D eigenvalue weighted by atomic mass is 16.6. The van der Waals surface area contributed by atoms with Crippen molar-refractivity contribution in [1.29, 1.82) is 0 Å². The number of alkyl carbamates (subject to hydrolysis) is 1. The van der Waals surface area contributed by atoms with Crippen LogP contribution in [0, 0.1) is 0 Å². The van der Waals surface area contributed by atoms with Gasteiger partial charge in [-0.1, -0.05) is 19.3 Å². The maximum Gasteiger partial charge on any atom is 0.414 e. The predicted molar refractivity (Wildman–Crippen MR) is 67.9 cm³/mol. The molecule has 98 valence electrons. The fourth-order valence-corrected chi connectivity index (χ4v) is 1.85. The molecule has 5 nitrogen and oxygen atoms in total. The van der Waals surface area contributed by atoms with Crippen LogP contribution in [0.4, 0.5) is 4.79 Å². The van der Waals surface area contributed by atoms with Gasteiger partial charge < -0.3 is 10.5 Å². The maximum absolute atomic E-state index is 11.4. The van der Waals surface area contributed by atoms with Crippen molar-refractivity contribution in [2.45, 2.75) is 64.5 Å². The molecule has 0 aromatic heterocycles. The molecular formula is C12H23N3O2. The Morgan fingerprint density at radius 3 is 2.41 bits per heavy atom. The van der Waals surface area contributed by atoms with Crippen molar-refractivity contribution in [1.82, 2.24) is 5.32 Å². The molecule has 0 bridgehead atoms. The van der Waals surface area contributed by atoms with Crippen molar-refractivity contribution in [2.75, 3.05) is 0 Å². The number of nitrogens with zero attached hydrogens (tertiary/aromatic N) is 1. The van der Waals surface area contributed by atoms with Gasteiger partial charge in [-0.2, -0.15) is 0 Å². The molecule has 1 saturated carbocycles. The average molecular weight is 241 g/mol. The SMILES string of the molecule is CC(C)(C)OC(=O)NC(N)=NC1CCCCC1. The molecule has 0 spiro atoms. The summed E-state index contributed by atoms with van der Waals surface area (Å²) in [6, 6.07) is 0.249. The van der Waals surface area contributed by atoms with Crippen molar-refractivity contribution in [3.8, 4) is 0 Å². The number of carbonyl (C=O) groups excluding carboxylic acids is 1. The highest BCUT2D eigenvalue weighted by Gasteiger charge is 2.17. The molecule has 0 aliphatic heterocycles. The number of carbonyl (C=O) groups is 1. The second-order valence-electron chi connectivity index (χ2n) is 5.43. The zero-order valence-corrected chi connectivity index (χ0v) is 11.0. The van der Waals surface area contributed by atoms with Gasteiger partial charge in [0, 0.05) is 0 Å². The molecule has 17 heavy (non-hydrogen) atoms. The number of guanidine groups is 1. The molecule has 1 rings (SSSR count). The summed E-state index contributed by atoms with van der Waals surface area (Å²) in [7, 11) is 0. The van der Waals surface area contributed by atoms with Gasteiger partial charge in [0.05, 0.1) is 6.04 Å². The van der Waals surface area contributed by atoms with Gasteiger partial charge in [-0.25, -0.2) is 9.79 Å². The third-order valence-corrected chi connectivity index (χ3v) is 2.53. The van der Waals surface area contributed by atoms with Crippen LogP contribution in [-0.4, -0.2) is 23.7 Å². The lowest BCUT2D eigenvalue weighted by atomic mass is 9.96. The van der Waals surface area contributed by atoms with Gasteiger partial charge in [0.2, 0.25) is 0 Å². The second-order valence-corrected chi connectivity index (χ2v) is 5.43. The van der Waals surface area contributed by atoms with E-state index in [9.17, 15) is 4.79 Å².